The Hall–Kier alpha value is -1.49. The van der Waals surface area contributed by atoms with Gasteiger partial charge in [-0.25, -0.2) is 4.99 Å². The van der Waals surface area contributed by atoms with Gasteiger partial charge in [0.1, 0.15) is 0 Å². The Balaban J connectivity index is 0.00000480. The zero-order chi connectivity index (χ0) is 22.7. The molecule has 164 valence electrons. The van der Waals surface area contributed by atoms with Crippen LogP contribution in [0.3, 0.4) is 0 Å². The minimum Gasteiger partial charge on any atom is -0.872 e. The summed E-state index contributed by atoms with van der Waals surface area (Å²) in [4.78, 5) is 3.59. The maximum Gasteiger partial charge on any atom is 1.00 e. The average molecular weight is 415 g/mol. The van der Waals surface area contributed by atoms with E-state index in [1.54, 1.807) is 6.07 Å². The van der Waals surface area contributed by atoms with Crippen molar-refractivity contribution in [2.45, 2.75) is 98.8 Å². The van der Waals surface area contributed by atoms with E-state index in [0.29, 0.717) is 29.6 Å². The first-order valence-electron chi connectivity index (χ1n) is 11.6. The molecule has 2 aromatic carbocycles. The van der Waals surface area contributed by atoms with Crippen molar-refractivity contribution < 1.29 is 29.0 Å². The first-order chi connectivity index (χ1) is 13.9. The zero-order valence-corrected chi connectivity index (χ0v) is 21.7. The monoisotopic (exact) mass is 414 g/mol. The van der Waals surface area contributed by atoms with Crippen LogP contribution in [-0.4, -0.2) is 6.21 Å². The van der Waals surface area contributed by atoms with Gasteiger partial charge >= 0.3 is 18.9 Å². The van der Waals surface area contributed by atoms with Crippen LogP contribution in [-0.2, 0) is 0 Å². The van der Waals surface area contributed by atoms with Crippen LogP contribution in [0.5, 0.6) is 5.75 Å². The van der Waals surface area contributed by atoms with Crippen LogP contribution >= 0.6 is 0 Å². The maximum absolute atomic E-state index is 13.0. The second-order valence-electron chi connectivity index (χ2n) is 10.2. The first-order valence-corrected chi connectivity index (χ1v) is 11.6. The molecule has 2 aromatic rings. The van der Waals surface area contributed by atoms with E-state index in [4.69, 9.17) is 0 Å². The Kier molecular flexibility index (Phi) is 10.1. The second-order valence-corrected chi connectivity index (χ2v) is 10.2. The van der Waals surface area contributed by atoms with E-state index in [9.17, 15) is 5.11 Å². The van der Waals surface area contributed by atoms with Gasteiger partial charge in [0.15, 0.2) is 6.21 Å². The molecule has 0 aliphatic carbocycles. The van der Waals surface area contributed by atoms with Gasteiger partial charge < -0.3 is 5.11 Å². The molecule has 0 spiro atoms. The molecule has 0 fully saturated rings. The summed E-state index contributed by atoms with van der Waals surface area (Å²) >= 11 is 0. The fourth-order valence-electron chi connectivity index (χ4n) is 3.90. The smallest absolute Gasteiger partial charge is 0.872 e. The molecule has 0 aliphatic rings. The Labute approximate surface area is 202 Å². The SMILES string of the molecule is CC(C)c1cc([O-])c(C=[NH+]c2c(C(C)C)cc(C(C)C)cc2C(C)C)c(C(C)C)c1.[Li+]. The van der Waals surface area contributed by atoms with E-state index >= 15 is 0 Å². The molecule has 2 nitrogen and oxygen atoms in total. The molecule has 0 bridgehead atoms. The average Bonchev–Trinajstić information content (AvgIpc) is 2.65. The first kappa shape index (κ1) is 27.5. The van der Waals surface area contributed by atoms with Gasteiger partial charge in [-0.15, -0.1) is 0 Å². The van der Waals surface area contributed by atoms with E-state index in [1.165, 1.54) is 16.7 Å². The summed E-state index contributed by atoms with van der Waals surface area (Å²) in [6, 6.07) is 8.68. The van der Waals surface area contributed by atoms with E-state index in [2.05, 4.69) is 92.4 Å². The fraction of sp³-hybridized carbons (Fsp3) is 0.536. The fourth-order valence-corrected chi connectivity index (χ4v) is 3.90. The summed E-state index contributed by atoms with van der Waals surface area (Å²) in [6.45, 7) is 22.1. The van der Waals surface area contributed by atoms with Gasteiger partial charge in [-0.05, 0) is 58.4 Å². The van der Waals surface area contributed by atoms with Gasteiger partial charge in [-0.2, -0.15) is 0 Å². The Bertz CT molecular complexity index is 878. The van der Waals surface area contributed by atoms with Gasteiger partial charge in [-0.3, -0.25) is 0 Å². The van der Waals surface area contributed by atoms with Crippen LogP contribution in [0, 0.1) is 0 Å². The van der Waals surface area contributed by atoms with Crippen LogP contribution in [0.4, 0.5) is 5.69 Å². The minimum atomic E-state index is 0. The molecule has 0 atom stereocenters. The normalized spacial score (nSPS) is 12.1. The number of benzene rings is 2. The van der Waals surface area contributed by atoms with Gasteiger partial charge in [0.05, 0.1) is 0 Å². The third-order valence-electron chi connectivity index (χ3n) is 5.98. The van der Waals surface area contributed by atoms with Crippen molar-refractivity contribution in [2.75, 3.05) is 0 Å². The molecule has 0 unspecified atom stereocenters. The molecule has 2 rings (SSSR count). The van der Waals surface area contributed by atoms with Gasteiger partial charge in [-0.1, -0.05) is 87.1 Å². The van der Waals surface area contributed by atoms with Crippen molar-refractivity contribution in [3.8, 4) is 5.75 Å². The van der Waals surface area contributed by atoms with Gasteiger partial charge in [0.2, 0.25) is 5.69 Å². The second kappa shape index (κ2) is 11.4. The zero-order valence-electron chi connectivity index (χ0n) is 21.7. The predicted molar refractivity (Wildman–Crippen MR) is 129 cm³/mol. The van der Waals surface area contributed by atoms with E-state index in [1.807, 2.05) is 6.21 Å². The predicted octanol–water partition coefficient (Wildman–Crippen LogP) is 3.21. The Morgan fingerprint density at radius 2 is 1.00 bits per heavy atom. The Morgan fingerprint density at radius 3 is 1.39 bits per heavy atom. The molecule has 0 heterocycles. The molecular formula is C28H41LiNO+. The van der Waals surface area contributed by atoms with Crippen molar-refractivity contribution in [1.82, 2.24) is 0 Å². The molecule has 31 heavy (non-hydrogen) atoms. The maximum atomic E-state index is 13.0. The molecule has 0 saturated heterocycles. The molecule has 3 heteroatoms. The van der Waals surface area contributed by atoms with Crippen molar-refractivity contribution in [2.24, 2.45) is 0 Å². The minimum absolute atomic E-state index is 0. The number of nitrogens with one attached hydrogen (secondary N) is 1. The van der Waals surface area contributed by atoms with Crippen LogP contribution in [0.2, 0.25) is 0 Å². The van der Waals surface area contributed by atoms with Crippen molar-refractivity contribution in [3.05, 3.63) is 57.6 Å². The van der Waals surface area contributed by atoms with E-state index in [-0.39, 0.29) is 24.6 Å². The summed E-state index contributed by atoms with van der Waals surface area (Å²) in [5.41, 5.74) is 8.19. The number of rotatable bonds is 7. The molecular weight excluding hydrogens is 373 g/mol. The molecule has 0 saturated carbocycles. The van der Waals surface area contributed by atoms with Gasteiger partial charge in [0.25, 0.3) is 0 Å². The van der Waals surface area contributed by atoms with Crippen LogP contribution in [0.15, 0.2) is 24.3 Å². The summed E-state index contributed by atoms with van der Waals surface area (Å²) in [7, 11) is 0. The van der Waals surface area contributed by atoms with Crippen LogP contribution in [0.25, 0.3) is 0 Å². The quantitative estimate of drug-likeness (QED) is 0.548. The summed E-state index contributed by atoms with van der Waals surface area (Å²) in [6.07, 6.45) is 1.95. The number of hydrogen-bond acceptors (Lipinski definition) is 1. The molecule has 0 aromatic heterocycles. The standard InChI is InChI=1S/C28H41NO.Li/c1-16(2)21-12-24(19(7)8)28(25(13-21)20(9)10)29-15-26-23(18(5)6)11-22(17(3)4)14-27(26)30;/h11-20,30H,1-10H3;/q;+1. The molecule has 1 N–H and O–H groups in total. The van der Waals surface area contributed by atoms with E-state index in [0.717, 1.165) is 22.4 Å². The van der Waals surface area contributed by atoms with Crippen molar-refractivity contribution >= 4 is 11.9 Å². The molecule has 0 radical (unpaired) electrons. The van der Waals surface area contributed by atoms with Gasteiger partial charge in [0, 0.05) is 16.7 Å². The largest absolute Gasteiger partial charge is 1.00 e. The van der Waals surface area contributed by atoms with Crippen LogP contribution < -0.4 is 29.0 Å². The van der Waals surface area contributed by atoms with E-state index < -0.39 is 0 Å². The molecule has 0 amide bonds. The Morgan fingerprint density at radius 1 is 0.613 bits per heavy atom. The topological polar surface area (TPSA) is 37.0 Å². The van der Waals surface area contributed by atoms with Crippen LogP contribution in [0.1, 0.15) is 132 Å². The van der Waals surface area contributed by atoms with Crippen molar-refractivity contribution in [1.29, 1.82) is 0 Å². The third kappa shape index (κ3) is 6.50. The van der Waals surface area contributed by atoms with Crippen molar-refractivity contribution in [3.63, 3.8) is 0 Å². The third-order valence-corrected chi connectivity index (χ3v) is 5.98. The summed E-state index contributed by atoms with van der Waals surface area (Å²) in [5, 5.41) is 13.0. The molecule has 0 aliphatic heterocycles. The summed E-state index contributed by atoms with van der Waals surface area (Å²) < 4.78 is 0. The number of hydrogen-bond donors (Lipinski definition) is 1. The summed E-state index contributed by atoms with van der Waals surface area (Å²) in [5.74, 6) is 2.03.